The van der Waals surface area contributed by atoms with Crippen LogP contribution in [0.5, 0.6) is 0 Å². The van der Waals surface area contributed by atoms with Gasteiger partial charge in [0.25, 0.3) is 0 Å². The third-order valence-electron chi connectivity index (χ3n) is 3.62. The number of guanidine groups is 1. The van der Waals surface area contributed by atoms with Gasteiger partial charge in [0.05, 0.1) is 25.5 Å². The number of morpholine rings is 1. The fraction of sp³-hybridized carbons (Fsp3) is 0.562. The molecule has 9 heteroatoms. The maximum Gasteiger partial charge on any atom is 0.215 e. The van der Waals surface area contributed by atoms with Gasteiger partial charge in [0.15, 0.2) is 5.96 Å². The molecule has 0 saturated carbocycles. The van der Waals surface area contributed by atoms with Crippen LogP contribution in [0.25, 0.3) is 0 Å². The molecule has 7 nitrogen and oxygen atoms in total. The van der Waals surface area contributed by atoms with Crippen molar-refractivity contribution >= 4 is 40.0 Å². The van der Waals surface area contributed by atoms with E-state index in [4.69, 9.17) is 4.74 Å². The van der Waals surface area contributed by atoms with Gasteiger partial charge < -0.3 is 15.4 Å². The van der Waals surface area contributed by atoms with Crippen molar-refractivity contribution in [3.8, 4) is 0 Å². The summed E-state index contributed by atoms with van der Waals surface area (Å²) in [7, 11) is -3.25. The van der Waals surface area contributed by atoms with Crippen molar-refractivity contribution < 1.29 is 13.2 Å². The highest BCUT2D eigenvalue weighted by Crippen LogP contribution is 2.05. The average molecular weight is 482 g/mol. The van der Waals surface area contributed by atoms with E-state index < -0.39 is 10.0 Å². The first-order chi connectivity index (χ1) is 11.6. The van der Waals surface area contributed by atoms with E-state index in [0.717, 1.165) is 12.1 Å². The fourth-order valence-corrected chi connectivity index (χ4v) is 3.67. The van der Waals surface area contributed by atoms with Crippen LogP contribution in [0.2, 0.25) is 0 Å². The van der Waals surface area contributed by atoms with Crippen LogP contribution in [0.15, 0.2) is 35.3 Å². The van der Waals surface area contributed by atoms with Crippen molar-refractivity contribution in [3.05, 3.63) is 35.9 Å². The second-order valence-electron chi connectivity index (χ2n) is 5.43. The topological polar surface area (TPSA) is 83.0 Å². The molecule has 142 valence electrons. The predicted octanol–water partition coefficient (Wildman–Crippen LogP) is 1.02. The molecule has 0 aliphatic carbocycles. The second-order valence-corrected chi connectivity index (χ2v) is 7.52. The summed E-state index contributed by atoms with van der Waals surface area (Å²) < 4.78 is 31.2. The first-order valence-electron chi connectivity index (χ1n) is 8.23. The van der Waals surface area contributed by atoms with E-state index in [-0.39, 0.29) is 29.7 Å². The van der Waals surface area contributed by atoms with E-state index in [0.29, 0.717) is 45.4 Å². The molecule has 1 aliphatic rings. The molecule has 1 heterocycles. The molecule has 2 rings (SSSR count). The van der Waals surface area contributed by atoms with Gasteiger partial charge >= 0.3 is 0 Å². The molecule has 0 unspecified atom stereocenters. The lowest BCUT2D eigenvalue weighted by atomic mass is 10.2. The summed E-state index contributed by atoms with van der Waals surface area (Å²) >= 11 is 0. The summed E-state index contributed by atoms with van der Waals surface area (Å²) in [5.41, 5.74) is 1.11. The number of aliphatic imine (C=N–C) groups is 1. The van der Waals surface area contributed by atoms with Gasteiger partial charge in [0.1, 0.15) is 0 Å². The number of halogens is 1. The van der Waals surface area contributed by atoms with Crippen LogP contribution < -0.4 is 10.6 Å². The molecule has 0 spiro atoms. The van der Waals surface area contributed by atoms with Gasteiger partial charge in [-0.05, 0) is 12.5 Å². The van der Waals surface area contributed by atoms with Crippen LogP contribution >= 0.6 is 24.0 Å². The zero-order valence-electron chi connectivity index (χ0n) is 14.5. The third-order valence-corrected chi connectivity index (χ3v) is 5.49. The average Bonchev–Trinajstić information content (AvgIpc) is 2.61. The van der Waals surface area contributed by atoms with Crippen molar-refractivity contribution in [2.75, 3.05) is 45.1 Å². The first kappa shape index (κ1) is 22.1. The largest absolute Gasteiger partial charge is 0.379 e. The van der Waals surface area contributed by atoms with E-state index in [1.54, 1.807) is 0 Å². The highest BCUT2D eigenvalue weighted by Gasteiger charge is 2.23. The number of nitrogens with zero attached hydrogens (tertiary/aromatic N) is 2. The molecule has 1 saturated heterocycles. The summed E-state index contributed by atoms with van der Waals surface area (Å²) in [6.45, 7) is 5.37. The minimum atomic E-state index is -3.25. The van der Waals surface area contributed by atoms with Crippen LogP contribution in [0.4, 0.5) is 0 Å². The minimum Gasteiger partial charge on any atom is -0.379 e. The number of benzene rings is 1. The Morgan fingerprint density at radius 1 is 1.20 bits per heavy atom. The molecular formula is C16H27IN4O3S. The SMILES string of the molecule is CCNC(=NCc1ccccc1)NCCS(=O)(=O)N1CCOCC1.I. The molecule has 2 N–H and O–H groups in total. The van der Waals surface area contributed by atoms with E-state index in [1.807, 2.05) is 37.3 Å². The molecule has 1 fully saturated rings. The van der Waals surface area contributed by atoms with Crippen molar-refractivity contribution in [1.82, 2.24) is 14.9 Å². The number of sulfonamides is 1. The maximum atomic E-state index is 12.3. The van der Waals surface area contributed by atoms with E-state index in [2.05, 4.69) is 15.6 Å². The molecule has 0 aromatic heterocycles. The van der Waals surface area contributed by atoms with Crippen LogP contribution in [-0.2, 0) is 21.3 Å². The number of rotatable bonds is 7. The summed E-state index contributed by atoms with van der Waals surface area (Å²) in [4.78, 5) is 4.48. The molecule has 0 radical (unpaired) electrons. The van der Waals surface area contributed by atoms with Crippen LogP contribution in [0.3, 0.4) is 0 Å². The molecule has 1 aliphatic heterocycles. The Morgan fingerprint density at radius 2 is 1.88 bits per heavy atom. The summed E-state index contributed by atoms with van der Waals surface area (Å²) in [5.74, 6) is 0.668. The Bertz CT molecular complexity index is 620. The molecule has 0 atom stereocenters. The predicted molar refractivity (Wildman–Crippen MR) is 111 cm³/mol. The van der Waals surface area contributed by atoms with Gasteiger partial charge in [-0.25, -0.2) is 13.4 Å². The Hall–Kier alpha value is -0.910. The Balaban J connectivity index is 0.00000312. The van der Waals surface area contributed by atoms with Crippen LogP contribution in [0, 0.1) is 0 Å². The zero-order chi connectivity index (χ0) is 17.3. The highest BCUT2D eigenvalue weighted by atomic mass is 127. The zero-order valence-corrected chi connectivity index (χ0v) is 17.6. The lowest BCUT2D eigenvalue weighted by molar-refractivity contribution is 0.0730. The van der Waals surface area contributed by atoms with Gasteiger partial charge in [-0.15, -0.1) is 24.0 Å². The molecule has 0 bridgehead atoms. The number of hydrogen-bond acceptors (Lipinski definition) is 4. The summed E-state index contributed by atoms with van der Waals surface area (Å²) in [6, 6.07) is 9.93. The number of hydrogen-bond donors (Lipinski definition) is 2. The lowest BCUT2D eigenvalue weighted by Gasteiger charge is -2.26. The Morgan fingerprint density at radius 3 is 2.52 bits per heavy atom. The number of ether oxygens (including phenoxy) is 1. The summed E-state index contributed by atoms with van der Waals surface area (Å²) in [5, 5.41) is 6.22. The summed E-state index contributed by atoms with van der Waals surface area (Å²) in [6.07, 6.45) is 0. The van der Waals surface area contributed by atoms with Gasteiger partial charge in [-0.1, -0.05) is 30.3 Å². The van der Waals surface area contributed by atoms with Gasteiger partial charge in [0.2, 0.25) is 10.0 Å². The van der Waals surface area contributed by atoms with Crippen LogP contribution in [-0.4, -0.2) is 63.8 Å². The third kappa shape index (κ3) is 7.89. The first-order valence-corrected chi connectivity index (χ1v) is 9.84. The van der Waals surface area contributed by atoms with Crippen molar-refractivity contribution in [3.63, 3.8) is 0 Å². The van der Waals surface area contributed by atoms with Crippen molar-refractivity contribution in [1.29, 1.82) is 0 Å². The van der Waals surface area contributed by atoms with E-state index >= 15 is 0 Å². The molecule has 0 amide bonds. The van der Waals surface area contributed by atoms with E-state index in [1.165, 1.54) is 4.31 Å². The fourth-order valence-electron chi connectivity index (χ4n) is 2.35. The standard InChI is InChI=1S/C16H26N4O3S.HI/c1-2-17-16(19-14-15-6-4-3-5-7-15)18-8-13-24(21,22)20-9-11-23-12-10-20;/h3-7H,2,8-14H2,1H3,(H2,17,18,19);1H. The monoisotopic (exact) mass is 482 g/mol. The quantitative estimate of drug-likeness (QED) is 0.345. The van der Waals surface area contributed by atoms with Gasteiger partial charge in [-0.3, -0.25) is 0 Å². The number of nitrogens with one attached hydrogen (secondary N) is 2. The van der Waals surface area contributed by atoms with Crippen LogP contribution in [0.1, 0.15) is 12.5 Å². The normalized spacial score (nSPS) is 16.1. The minimum absolute atomic E-state index is 0. The van der Waals surface area contributed by atoms with Gasteiger partial charge in [-0.2, -0.15) is 4.31 Å². The van der Waals surface area contributed by atoms with Gasteiger partial charge in [0, 0.05) is 26.2 Å². The van der Waals surface area contributed by atoms with E-state index in [9.17, 15) is 8.42 Å². The smallest absolute Gasteiger partial charge is 0.215 e. The Labute approximate surface area is 167 Å². The molecule has 1 aromatic rings. The highest BCUT2D eigenvalue weighted by molar-refractivity contribution is 14.0. The molecule has 25 heavy (non-hydrogen) atoms. The van der Waals surface area contributed by atoms with Crippen molar-refractivity contribution in [2.45, 2.75) is 13.5 Å². The maximum absolute atomic E-state index is 12.3. The Kier molecular flexibility index (Phi) is 10.3. The lowest BCUT2D eigenvalue weighted by Crippen LogP contribution is -2.45. The van der Waals surface area contributed by atoms with Crippen molar-refractivity contribution in [2.24, 2.45) is 4.99 Å². The molecule has 1 aromatic carbocycles. The second kappa shape index (κ2) is 11.7. The molecular weight excluding hydrogens is 455 g/mol.